The summed E-state index contributed by atoms with van der Waals surface area (Å²) in [7, 11) is 0. The molecule has 0 saturated carbocycles. The van der Waals surface area contributed by atoms with Crippen LogP contribution in [-0.4, -0.2) is 48.0 Å². The molecule has 2 rings (SSSR count). The molecule has 3 nitrogen and oxygen atoms in total. The van der Waals surface area contributed by atoms with Crippen LogP contribution in [0, 0.1) is 0 Å². The molecule has 0 aromatic heterocycles. The van der Waals surface area contributed by atoms with E-state index in [9.17, 15) is 4.79 Å². The second-order valence-corrected chi connectivity index (χ2v) is 5.89. The second kappa shape index (κ2) is 6.50. The highest BCUT2D eigenvalue weighted by Crippen LogP contribution is 2.16. The van der Waals surface area contributed by atoms with E-state index in [0.29, 0.717) is 18.5 Å². The predicted octanol–water partition coefficient (Wildman–Crippen LogP) is 1.48. The zero-order valence-corrected chi connectivity index (χ0v) is 10.7. The fourth-order valence-electron chi connectivity index (χ4n) is 2.39. The third-order valence-electron chi connectivity index (χ3n) is 3.41. The number of piperidine rings is 1. The van der Waals surface area contributed by atoms with Gasteiger partial charge >= 0.3 is 0 Å². The maximum atomic E-state index is 11.9. The van der Waals surface area contributed by atoms with E-state index in [1.165, 1.54) is 43.6 Å². The first kappa shape index (κ1) is 12.2. The topological polar surface area (TPSA) is 32.3 Å². The Morgan fingerprint density at radius 1 is 1.25 bits per heavy atom. The largest absolute Gasteiger partial charge is 0.342 e. The normalized spacial score (nSPS) is 26.8. The van der Waals surface area contributed by atoms with E-state index < -0.39 is 0 Å². The van der Waals surface area contributed by atoms with Crippen LogP contribution >= 0.6 is 11.8 Å². The first-order chi connectivity index (χ1) is 7.86. The van der Waals surface area contributed by atoms with Gasteiger partial charge in [-0.25, -0.2) is 0 Å². The smallest absolute Gasteiger partial charge is 0.236 e. The van der Waals surface area contributed by atoms with E-state index in [1.54, 1.807) is 0 Å². The lowest BCUT2D eigenvalue weighted by Crippen LogP contribution is -2.44. The zero-order valence-electron chi connectivity index (χ0n) is 9.91. The lowest BCUT2D eigenvalue weighted by molar-refractivity contribution is -0.131. The monoisotopic (exact) mass is 242 g/mol. The number of thioether (sulfide) groups is 1. The fourth-order valence-corrected chi connectivity index (χ4v) is 3.49. The van der Waals surface area contributed by atoms with Gasteiger partial charge < -0.3 is 10.2 Å². The van der Waals surface area contributed by atoms with Gasteiger partial charge in [0.2, 0.25) is 5.91 Å². The second-order valence-electron chi connectivity index (χ2n) is 4.74. The van der Waals surface area contributed by atoms with Gasteiger partial charge in [-0.1, -0.05) is 0 Å². The van der Waals surface area contributed by atoms with Gasteiger partial charge in [-0.3, -0.25) is 4.79 Å². The average Bonchev–Trinajstić information content (AvgIpc) is 2.38. The predicted molar refractivity (Wildman–Crippen MR) is 68.8 cm³/mol. The zero-order chi connectivity index (χ0) is 11.2. The Hall–Kier alpha value is -0.220. The summed E-state index contributed by atoms with van der Waals surface area (Å²) in [5.41, 5.74) is 0. The van der Waals surface area contributed by atoms with Gasteiger partial charge in [0.25, 0.3) is 0 Å². The van der Waals surface area contributed by atoms with Crippen molar-refractivity contribution in [2.24, 2.45) is 0 Å². The van der Waals surface area contributed by atoms with Crippen molar-refractivity contribution < 1.29 is 4.79 Å². The summed E-state index contributed by atoms with van der Waals surface area (Å²) in [4.78, 5) is 13.9. The molecule has 2 fully saturated rings. The molecule has 0 spiro atoms. The van der Waals surface area contributed by atoms with Crippen LogP contribution in [0.1, 0.15) is 32.1 Å². The Labute approximate surface area is 102 Å². The maximum Gasteiger partial charge on any atom is 0.236 e. The van der Waals surface area contributed by atoms with Gasteiger partial charge in [0.15, 0.2) is 0 Å². The Bertz CT molecular complexity index is 223. The molecule has 1 atom stereocenters. The first-order valence-corrected chi connectivity index (χ1v) is 7.60. The number of hydrogen-bond acceptors (Lipinski definition) is 3. The molecule has 2 aliphatic rings. The number of likely N-dealkylation sites (tertiary alicyclic amines) is 1. The highest BCUT2D eigenvalue weighted by molar-refractivity contribution is 7.99. The molecule has 92 valence electrons. The summed E-state index contributed by atoms with van der Waals surface area (Å²) in [6.07, 6.45) is 6.19. The van der Waals surface area contributed by atoms with Crippen LogP contribution in [0.15, 0.2) is 0 Å². The minimum absolute atomic E-state index is 0.301. The van der Waals surface area contributed by atoms with E-state index >= 15 is 0 Å². The number of hydrogen-bond donors (Lipinski definition) is 1. The molecule has 2 heterocycles. The van der Waals surface area contributed by atoms with Crippen molar-refractivity contribution in [2.75, 3.05) is 31.1 Å². The first-order valence-electron chi connectivity index (χ1n) is 6.45. The molecular weight excluding hydrogens is 220 g/mol. The molecular formula is C12H22N2OS. The summed E-state index contributed by atoms with van der Waals surface area (Å²) >= 11 is 2.00. The number of amides is 1. The molecule has 2 aliphatic heterocycles. The lowest BCUT2D eigenvalue weighted by Gasteiger charge is -2.28. The summed E-state index contributed by atoms with van der Waals surface area (Å²) in [5.74, 6) is 2.77. The van der Waals surface area contributed by atoms with Crippen molar-refractivity contribution >= 4 is 17.7 Å². The van der Waals surface area contributed by atoms with Crippen molar-refractivity contribution in [3.8, 4) is 0 Å². The van der Waals surface area contributed by atoms with Crippen LogP contribution in [0.2, 0.25) is 0 Å². The van der Waals surface area contributed by atoms with E-state index in [2.05, 4.69) is 5.32 Å². The van der Waals surface area contributed by atoms with Crippen LogP contribution in [0.3, 0.4) is 0 Å². The van der Waals surface area contributed by atoms with Gasteiger partial charge in [-0.15, -0.1) is 0 Å². The quantitative estimate of drug-likeness (QED) is 0.814. The number of nitrogens with one attached hydrogen (secondary N) is 1. The van der Waals surface area contributed by atoms with Gasteiger partial charge in [0.1, 0.15) is 0 Å². The van der Waals surface area contributed by atoms with E-state index in [-0.39, 0.29) is 0 Å². The van der Waals surface area contributed by atoms with Gasteiger partial charge in [-0.05, 0) is 37.9 Å². The van der Waals surface area contributed by atoms with Crippen molar-refractivity contribution in [3.05, 3.63) is 0 Å². The Morgan fingerprint density at radius 2 is 2.06 bits per heavy atom. The third kappa shape index (κ3) is 3.67. The number of rotatable bonds is 3. The Balaban J connectivity index is 1.65. The molecule has 1 N–H and O–H groups in total. The van der Waals surface area contributed by atoms with Gasteiger partial charge in [0, 0.05) is 24.9 Å². The van der Waals surface area contributed by atoms with Crippen molar-refractivity contribution in [1.29, 1.82) is 0 Å². The molecule has 4 heteroatoms. The van der Waals surface area contributed by atoms with Gasteiger partial charge in [0.05, 0.1) is 6.54 Å². The molecule has 0 aliphatic carbocycles. The molecule has 0 bridgehead atoms. The van der Waals surface area contributed by atoms with Crippen molar-refractivity contribution in [2.45, 2.75) is 38.1 Å². The van der Waals surface area contributed by atoms with Gasteiger partial charge in [-0.2, -0.15) is 11.8 Å². The summed E-state index contributed by atoms with van der Waals surface area (Å²) in [6.45, 7) is 2.49. The van der Waals surface area contributed by atoms with Crippen molar-refractivity contribution in [1.82, 2.24) is 10.2 Å². The maximum absolute atomic E-state index is 11.9. The molecule has 0 aromatic carbocycles. The summed E-state index contributed by atoms with van der Waals surface area (Å²) < 4.78 is 0. The van der Waals surface area contributed by atoms with Crippen LogP contribution in [0.4, 0.5) is 0 Å². The molecule has 0 radical (unpaired) electrons. The van der Waals surface area contributed by atoms with Crippen LogP contribution < -0.4 is 5.32 Å². The van der Waals surface area contributed by atoms with E-state index in [0.717, 1.165) is 13.1 Å². The highest BCUT2D eigenvalue weighted by Gasteiger charge is 2.18. The lowest BCUT2D eigenvalue weighted by atomic mass is 10.1. The standard InChI is InChI=1S/C12H22N2OS/c15-12(14-6-2-1-3-7-14)9-13-11-5-4-8-16-10-11/h11,13H,1-10H2. The number of carbonyl (C=O) groups is 1. The fraction of sp³-hybridized carbons (Fsp3) is 0.917. The molecule has 2 saturated heterocycles. The molecule has 1 unspecified atom stereocenters. The van der Waals surface area contributed by atoms with Crippen LogP contribution in [0.5, 0.6) is 0 Å². The molecule has 1 amide bonds. The summed E-state index contributed by atoms with van der Waals surface area (Å²) in [5, 5.41) is 3.41. The molecule has 0 aromatic rings. The van der Waals surface area contributed by atoms with Crippen LogP contribution in [0.25, 0.3) is 0 Å². The van der Waals surface area contributed by atoms with Crippen LogP contribution in [-0.2, 0) is 4.79 Å². The Morgan fingerprint density at radius 3 is 2.75 bits per heavy atom. The summed E-state index contributed by atoms with van der Waals surface area (Å²) in [6, 6.07) is 0.562. The number of carbonyl (C=O) groups excluding carboxylic acids is 1. The van der Waals surface area contributed by atoms with Crippen molar-refractivity contribution in [3.63, 3.8) is 0 Å². The van der Waals surface area contributed by atoms with E-state index in [4.69, 9.17) is 0 Å². The average molecular weight is 242 g/mol. The minimum atomic E-state index is 0.301. The number of nitrogens with zero attached hydrogens (tertiary/aromatic N) is 1. The Kier molecular flexibility index (Phi) is 4.97. The third-order valence-corrected chi connectivity index (χ3v) is 4.63. The minimum Gasteiger partial charge on any atom is -0.342 e. The van der Waals surface area contributed by atoms with E-state index in [1.807, 2.05) is 16.7 Å². The molecule has 16 heavy (non-hydrogen) atoms. The SMILES string of the molecule is O=C(CNC1CCCSC1)N1CCCCC1. The highest BCUT2D eigenvalue weighted by atomic mass is 32.2.